The van der Waals surface area contributed by atoms with E-state index >= 15 is 0 Å². The van der Waals surface area contributed by atoms with Gasteiger partial charge in [0, 0.05) is 19.1 Å². The van der Waals surface area contributed by atoms with Gasteiger partial charge in [0.15, 0.2) is 0 Å². The lowest BCUT2D eigenvalue weighted by atomic mass is 10.2. The Labute approximate surface area is 125 Å². The van der Waals surface area contributed by atoms with Crippen LogP contribution in [0.3, 0.4) is 0 Å². The zero-order chi connectivity index (χ0) is 16.4. The molecule has 2 N–H and O–H groups in total. The summed E-state index contributed by atoms with van der Waals surface area (Å²) in [6, 6.07) is 0.294. The Balaban J connectivity index is 2.97. The predicted molar refractivity (Wildman–Crippen MR) is 78.1 cm³/mol. The van der Waals surface area contributed by atoms with Gasteiger partial charge in [-0.1, -0.05) is 0 Å². The number of carboxylic acid groups (broad SMARTS) is 1. The number of aryl methyl sites for hydroxylation is 2. The fraction of sp³-hybridized carbons (Fsp3) is 0.615. The molecule has 0 saturated heterocycles. The lowest BCUT2D eigenvalue weighted by Crippen LogP contribution is -2.36. The van der Waals surface area contributed by atoms with E-state index in [1.54, 1.807) is 0 Å². The summed E-state index contributed by atoms with van der Waals surface area (Å²) in [5.41, 5.74) is -0.308. The minimum atomic E-state index is -3.92. The van der Waals surface area contributed by atoms with Crippen LogP contribution in [0.1, 0.15) is 35.7 Å². The van der Waals surface area contributed by atoms with Crippen LogP contribution in [0, 0.1) is 13.8 Å². The summed E-state index contributed by atoms with van der Waals surface area (Å²) in [5.74, 6) is -1.15. The molecule has 0 aliphatic carbocycles. The van der Waals surface area contributed by atoms with Crippen LogP contribution in [0.2, 0.25) is 0 Å². The number of rotatable bonds is 7. The van der Waals surface area contributed by atoms with Gasteiger partial charge in [-0.15, -0.1) is 0 Å². The van der Waals surface area contributed by atoms with E-state index in [0.29, 0.717) is 12.6 Å². The molecule has 0 aromatic carbocycles. The van der Waals surface area contributed by atoms with E-state index in [0.717, 1.165) is 0 Å². The van der Waals surface area contributed by atoms with Crippen LogP contribution >= 0.6 is 0 Å². The van der Waals surface area contributed by atoms with Crippen molar-refractivity contribution in [2.24, 2.45) is 0 Å². The van der Waals surface area contributed by atoms with Crippen molar-refractivity contribution in [1.82, 2.24) is 9.62 Å². The third-order valence-electron chi connectivity index (χ3n) is 3.33. The molecular weight excluding hydrogens is 296 g/mol. The molecule has 0 amide bonds. The van der Waals surface area contributed by atoms with Gasteiger partial charge in [0.25, 0.3) is 0 Å². The van der Waals surface area contributed by atoms with Gasteiger partial charge in [-0.3, -0.25) is 0 Å². The summed E-state index contributed by atoms with van der Waals surface area (Å²) >= 11 is 0. The maximum absolute atomic E-state index is 12.3. The van der Waals surface area contributed by atoms with Gasteiger partial charge in [0.2, 0.25) is 10.0 Å². The number of furan rings is 1. The van der Waals surface area contributed by atoms with Crippen LogP contribution < -0.4 is 4.72 Å². The fourth-order valence-electron chi connectivity index (χ4n) is 1.92. The van der Waals surface area contributed by atoms with Crippen LogP contribution in [-0.4, -0.2) is 50.6 Å². The summed E-state index contributed by atoms with van der Waals surface area (Å²) < 4.78 is 32.1. The monoisotopic (exact) mass is 318 g/mol. The number of sulfonamides is 1. The van der Waals surface area contributed by atoms with E-state index in [-0.39, 0.29) is 28.5 Å². The van der Waals surface area contributed by atoms with Gasteiger partial charge in [0.05, 0.1) is 0 Å². The zero-order valence-corrected chi connectivity index (χ0v) is 13.7. The molecule has 0 aliphatic heterocycles. The second kappa shape index (κ2) is 6.59. The number of nitrogens with zero attached hydrogens (tertiary/aromatic N) is 1. The lowest BCUT2D eigenvalue weighted by molar-refractivity contribution is 0.0691. The van der Waals surface area contributed by atoms with Gasteiger partial charge in [-0.05, 0) is 34.7 Å². The van der Waals surface area contributed by atoms with E-state index < -0.39 is 16.0 Å². The van der Waals surface area contributed by atoms with Crippen LogP contribution in [0.5, 0.6) is 0 Å². The van der Waals surface area contributed by atoms with Crippen molar-refractivity contribution >= 4 is 16.0 Å². The highest BCUT2D eigenvalue weighted by atomic mass is 32.2. The van der Waals surface area contributed by atoms with Crippen molar-refractivity contribution in [3.05, 3.63) is 17.1 Å². The van der Waals surface area contributed by atoms with Crippen molar-refractivity contribution in [1.29, 1.82) is 0 Å². The molecule has 0 unspecified atom stereocenters. The van der Waals surface area contributed by atoms with Crippen LogP contribution in [0.4, 0.5) is 0 Å². The molecule has 0 aliphatic rings. The normalized spacial score (nSPS) is 12.3. The number of nitrogens with one attached hydrogen (secondary N) is 1. The summed E-state index contributed by atoms with van der Waals surface area (Å²) in [5, 5.41) is 9.15. The summed E-state index contributed by atoms with van der Waals surface area (Å²) in [6.07, 6.45) is 0. The van der Waals surface area contributed by atoms with E-state index in [2.05, 4.69) is 4.72 Å². The first-order chi connectivity index (χ1) is 9.58. The molecular formula is C13H22N2O5S. The molecule has 1 aromatic heterocycles. The van der Waals surface area contributed by atoms with E-state index in [9.17, 15) is 13.2 Å². The number of likely N-dealkylation sites (N-methyl/N-ethyl adjacent to an activating group) is 1. The smallest absolute Gasteiger partial charge is 0.340 e. The average Bonchev–Trinajstić information content (AvgIpc) is 2.64. The molecule has 0 bridgehead atoms. The third-order valence-corrected chi connectivity index (χ3v) is 4.94. The number of carbonyl (C=O) groups is 1. The predicted octanol–water partition coefficient (Wildman–Crippen LogP) is 1.21. The van der Waals surface area contributed by atoms with E-state index in [4.69, 9.17) is 9.52 Å². The molecule has 8 heteroatoms. The first-order valence-corrected chi connectivity index (χ1v) is 8.09. The maximum atomic E-state index is 12.3. The van der Waals surface area contributed by atoms with Crippen LogP contribution in [0.25, 0.3) is 0 Å². The minimum absolute atomic E-state index is 0.0783. The zero-order valence-electron chi connectivity index (χ0n) is 12.9. The Kier molecular flexibility index (Phi) is 5.54. The molecule has 1 heterocycles. The van der Waals surface area contributed by atoms with Gasteiger partial charge >= 0.3 is 5.97 Å². The number of aromatic carboxylic acids is 1. The largest absolute Gasteiger partial charge is 0.478 e. The number of hydrogen-bond donors (Lipinski definition) is 2. The highest BCUT2D eigenvalue weighted by Crippen LogP contribution is 2.26. The van der Waals surface area contributed by atoms with Crippen LogP contribution in [0.15, 0.2) is 9.31 Å². The van der Waals surface area contributed by atoms with Gasteiger partial charge in [-0.2, -0.15) is 0 Å². The van der Waals surface area contributed by atoms with Gasteiger partial charge in [-0.25, -0.2) is 17.9 Å². The van der Waals surface area contributed by atoms with Crippen molar-refractivity contribution < 1.29 is 22.7 Å². The van der Waals surface area contributed by atoms with Crippen molar-refractivity contribution in [3.63, 3.8) is 0 Å². The van der Waals surface area contributed by atoms with E-state index in [1.165, 1.54) is 13.8 Å². The SMILES string of the molecule is Cc1oc(C)c(S(=O)(=O)NCCN(C)C(C)C)c1C(=O)O. The number of hydrogen-bond acceptors (Lipinski definition) is 5. The Morgan fingerprint density at radius 1 is 1.33 bits per heavy atom. The first-order valence-electron chi connectivity index (χ1n) is 6.61. The highest BCUT2D eigenvalue weighted by Gasteiger charge is 2.30. The lowest BCUT2D eigenvalue weighted by Gasteiger charge is -2.20. The third kappa shape index (κ3) is 4.05. The molecule has 0 atom stereocenters. The molecule has 21 heavy (non-hydrogen) atoms. The Morgan fingerprint density at radius 3 is 2.38 bits per heavy atom. The van der Waals surface area contributed by atoms with Gasteiger partial charge in [0.1, 0.15) is 22.0 Å². The topological polar surface area (TPSA) is 99.9 Å². The number of carboxylic acids is 1. The quantitative estimate of drug-likeness (QED) is 0.784. The maximum Gasteiger partial charge on any atom is 0.340 e. The molecule has 7 nitrogen and oxygen atoms in total. The Bertz CT molecular complexity index is 619. The average molecular weight is 318 g/mol. The van der Waals surface area contributed by atoms with E-state index in [1.807, 2.05) is 25.8 Å². The Hall–Kier alpha value is -1.38. The van der Waals surface area contributed by atoms with Crippen LogP contribution in [-0.2, 0) is 10.0 Å². The fourth-order valence-corrected chi connectivity index (χ4v) is 3.35. The first kappa shape index (κ1) is 17.7. The second-order valence-corrected chi connectivity index (χ2v) is 6.90. The van der Waals surface area contributed by atoms with Gasteiger partial charge < -0.3 is 14.4 Å². The highest BCUT2D eigenvalue weighted by molar-refractivity contribution is 7.89. The van der Waals surface area contributed by atoms with Crippen molar-refractivity contribution in [2.45, 2.75) is 38.6 Å². The van der Waals surface area contributed by atoms with Crippen molar-refractivity contribution in [2.75, 3.05) is 20.1 Å². The van der Waals surface area contributed by atoms with Crippen molar-refractivity contribution in [3.8, 4) is 0 Å². The summed E-state index contributed by atoms with van der Waals surface area (Å²) in [6.45, 7) is 7.59. The molecule has 1 rings (SSSR count). The summed E-state index contributed by atoms with van der Waals surface area (Å²) in [4.78, 5) is 12.9. The molecule has 0 spiro atoms. The molecule has 0 fully saturated rings. The Morgan fingerprint density at radius 2 is 1.90 bits per heavy atom. The minimum Gasteiger partial charge on any atom is -0.478 e. The standard InChI is InChI=1S/C13H22N2O5S/c1-8(2)15(5)7-6-14-21(18,19)12-10(4)20-9(3)11(12)13(16)17/h8,14H,6-7H2,1-5H3,(H,16,17). The molecule has 0 radical (unpaired) electrons. The second-order valence-electron chi connectivity index (χ2n) is 5.20. The molecule has 120 valence electrons. The molecule has 1 aromatic rings. The molecule has 0 saturated carbocycles. The summed E-state index contributed by atoms with van der Waals surface area (Å²) in [7, 11) is -2.03.